The fourth-order valence-electron chi connectivity index (χ4n) is 3.75. The molecule has 60 valence electrons. The first-order valence-corrected chi connectivity index (χ1v) is 5.03. The van der Waals surface area contributed by atoms with Crippen LogP contribution < -0.4 is 0 Å². The summed E-state index contributed by atoms with van der Waals surface area (Å²) in [5, 5.41) is 0. The predicted octanol–water partition coefficient (Wildman–Crippen LogP) is 2.85. The molecule has 0 aromatic rings. The van der Waals surface area contributed by atoms with Crippen LogP contribution in [-0.2, 0) is 0 Å². The van der Waals surface area contributed by atoms with Crippen LogP contribution in [-0.4, -0.2) is 0 Å². The first-order chi connectivity index (χ1) is 5.34. The summed E-state index contributed by atoms with van der Waals surface area (Å²) >= 11 is 0. The standard InChI is InChI=1S/C11H16/c1-7-2-3-9-4-8-5-10(7)11(9)6-8/h2-3,7-11H,4-6H2,1H3. The van der Waals surface area contributed by atoms with Crippen molar-refractivity contribution >= 4 is 0 Å². The fraction of sp³-hybridized carbons (Fsp3) is 0.818. The fourth-order valence-corrected chi connectivity index (χ4v) is 3.75. The zero-order valence-corrected chi connectivity index (χ0v) is 7.16. The van der Waals surface area contributed by atoms with Gasteiger partial charge in [0, 0.05) is 0 Å². The highest BCUT2D eigenvalue weighted by molar-refractivity contribution is 5.11. The summed E-state index contributed by atoms with van der Waals surface area (Å²) in [7, 11) is 0. The Morgan fingerprint density at radius 1 is 1.00 bits per heavy atom. The SMILES string of the molecule is CC1C=CC2CC3CC1C2C3. The molecule has 0 aliphatic heterocycles. The topological polar surface area (TPSA) is 0 Å². The monoisotopic (exact) mass is 148 g/mol. The van der Waals surface area contributed by atoms with Gasteiger partial charge in [-0.1, -0.05) is 19.1 Å². The van der Waals surface area contributed by atoms with E-state index < -0.39 is 0 Å². The van der Waals surface area contributed by atoms with E-state index in [0.717, 1.165) is 29.6 Å². The van der Waals surface area contributed by atoms with E-state index in [4.69, 9.17) is 0 Å². The molecular weight excluding hydrogens is 132 g/mol. The molecule has 0 spiro atoms. The first kappa shape index (κ1) is 6.28. The maximum Gasteiger partial charge on any atom is -0.0199 e. The second-order valence-corrected chi connectivity index (χ2v) is 4.81. The van der Waals surface area contributed by atoms with Gasteiger partial charge in [-0.15, -0.1) is 0 Å². The Morgan fingerprint density at radius 2 is 1.82 bits per heavy atom. The van der Waals surface area contributed by atoms with Crippen LogP contribution in [0.4, 0.5) is 0 Å². The summed E-state index contributed by atoms with van der Waals surface area (Å²) in [6.45, 7) is 2.40. The largest absolute Gasteiger partial charge is 0.0851 e. The molecule has 0 heterocycles. The summed E-state index contributed by atoms with van der Waals surface area (Å²) in [6, 6.07) is 0. The number of hydrogen-bond acceptors (Lipinski definition) is 0. The van der Waals surface area contributed by atoms with Gasteiger partial charge in [0.1, 0.15) is 0 Å². The molecular formula is C11H16. The van der Waals surface area contributed by atoms with Gasteiger partial charge in [-0.2, -0.15) is 0 Å². The Bertz CT molecular complexity index is 204. The maximum absolute atomic E-state index is 2.50. The molecule has 0 nitrogen and oxygen atoms in total. The van der Waals surface area contributed by atoms with Crippen molar-refractivity contribution in [3.8, 4) is 0 Å². The number of allylic oxidation sites excluding steroid dienone is 2. The molecule has 0 saturated heterocycles. The van der Waals surface area contributed by atoms with Crippen LogP contribution in [0.15, 0.2) is 12.2 Å². The van der Waals surface area contributed by atoms with Crippen LogP contribution in [0.5, 0.6) is 0 Å². The highest BCUT2D eigenvalue weighted by Gasteiger charge is 2.47. The molecule has 5 unspecified atom stereocenters. The van der Waals surface area contributed by atoms with Gasteiger partial charge < -0.3 is 0 Å². The van der Waals surface area contributed by atoms with Gasteiger partial charge in [-0.25, -0.2) is 0 Å². The van der Waals surface area contributed by atoms with Crippen LogP contribution in [0.1, 0.15) is 26.2 Å². The smallest absolute Gasteiger partial charge is 0.0199 e. The number of rotatable bonds is 0. The molecule has 3 aliphatic rings. The molecule has 0 aromatic carbocycles. The summed E-state index contributed by atoms with van der Waals surface area (Å²) in [4.78, 5) is 0. The zero-order valence-electron chi connectivity index (χ0n) is 7.16. The minimum atomic E-state index is 0.890. The van der Waals surface area contributed by atoms with Crippen molar-refractivity contribution in [2.24, 2.45) is 29.6 Å². The maximum atomic E-state index is 2.50. The van der Waals surface area contributed by atoms with Crippen LogP contribution in [0, 0.1) is 29.6 Å². The van der Waals surface area contributed by atoms with E-state index in [1.807, 2.05) is 0 Å². The van der Waals surface area contributed by atoms with Gasteiger partial charge in [0.15, 0.2) is 0 Å². The summed E-state index contributed by atoms with van der Waals surface area (Å²) in [6.07, 6.45) is 9.60. The molecule has 2 bridgehead atoms. The Balaban J connectivity index is 2.00. The summed E-state index contributed by atoms with van der Waals surface area (Å²) in [5.74, 6) is 5.17. The number of hydrogen-bond donors (Lipinski definition) is 0. The highest BCUT2D eigenvalue weighted by Crippen LogP contribution is 2.56. The van der Waals surface area contributed by atoms with Crippen molar-refractivity contribution in [3.05, 3.63) is 12.2 Å². The summed E-state index contributed by atoms with van der Waals surface area (Å²) in [5.41, 5.74) is 0. The Kier molecular flexibility index (Phi) is 1.09. The Morgan fingerprint density at radius 3 is 2.55 bits per heavy atom. The highest BCUT2D eigenvalue weighted by atomic mass is 14.5. The second-order valence-electron chi connectivity index (χ2n) is 4.81. The van der Waals surface area contributed by atoms with E-state index in [-0.39, 0.29) is 0 Å². The predicted molar refractivity (Wildman–Crippen MR) is 46.1 cm³/mol. The Hall–Kier alpha value is -0.260. The quantitative estimate of drug-likeness (QED) is 0.463. The molecule has 0 aromatic heterocycles. The molecule has 11 heavy (non-hydrogen) atoms. The first-order valence-electron chi connectivity index (χ1n) is 5.03. The third kappa shape index (κ3) is 0.706. The zero-order chi connectivity index (χ0) is 7.42. The van der Waals surface area contributed by atoms with E-state index in [1.54, 1.807) is 12.8 Å². The van der Waals surface area contributed by atoms with E-state index in [0.29, 0.717) is 0 Å². The van der Waals surface area contributed by atoms with Crippen LogP contribution in [0.25, 0.3) is 0 Å². The minimum absolute atomic E-state index is 0.890. The second kappa shape index (κ2) is 1.91. The van der Waals surface area contributed by atoms with Gasteiger partial charge in [0.25, 0.3) is 0 Å². The van der Waals surface area contributed by atoms with Gasteiger partial charge in [0.05, 0.1) is 0 Å². The van der Waals surface area contributed by atoms with Gasteiger partial charge in [-0.3, -0.25) is 0 Å². The minimum Gasteiger partial charge on any atom is -0.0851 e. The van der Waals surface area contributed by atoms with Crippen LogP contribution >= 0.6 is 0 Å². The van der Waals surface area contributed by atoms with Gasteiger partial charge >= 0.3 is 0 Å². The van der Waals surface area contributed by atoms with Gasteiger partial charge in [-0.05, 0) is 48.9 Å². The lowest BCUT2D eigenvalue weighted by Gasteiger charge is -2.34. The van der Waals surface area contributed by atoms with E-state index >= 15 is 0 Å². The molecule has 2 saturated carbocycles. The lowest BCUT2D eigenvalue weighted by molar-refractivity contribution is 0.213. The van der Waals surface area contributed by atoms with E-state index in [2.05, 4.69) is 19.1 Å². The lowest BCUT2D eigenvalue weighted by atomic mass is 9.70. The molecule has 0 N–H and O–H groups in total. The average molecular weight is 148 g/mol. The van der Waals surface area contributed by atoms with Crippen LogP contribution in [0.3, 0.4) is 0 Å². The van der Waals surface area contributed by atoms with Crippen molar-refractivity contribution in [1.29, 1.82) is 0 Å². The van der Waals surface area contributed by atoms with E-state index in [9.17, 15) is 0 Å². The van der Waals surface area contributed by atoms with Crippen molar-refractivity contribution in [2.75, 3.05) is 0 Å². The summed E-state index contributed by atoms with van der Waals surface area (Å²) < 4.78 is 0. The Labute approximate surface area is 68.7 Å². The van der Waals surface area contributed by atoms with Crippen LogP contribution in [0.2, 0.25) is 0 Å². The molecule has 0 heteroatoms. The molecule has 5 atom stereocenters. The molecule has 3 aliphatic carbocycles. The average Bonchev–Trinajstić information content (AvgIpc) is 2.54. The normalized spacial score (nSPS) is 58.8. The van der Waals surface area contributed by atoms with E-state index in [1.165, 1.54) is 6.42 Å². The third-order valence-corrected chi connectivity index (χ3v) is 4.25. The van der Waals surface area contributed by atoms with Crippen molar-refractivity contribution in [2.45, 2.75) is 26.2 Å². The molecule has 0 amide bonds. The third-order valence-electron chi connectivity index (χ3n) is 4.25. The molecule has 3 rings (SSSR count). The van der Waals surface area contributed by atoms with Crippen molar-refractivity contribution < 1.29 is 0 Å². The van der Waals surface area contributed by atoms with Gasteiger partial charge in [0.2, 0.25) is 0 Å². The number of fused-ring (bicyclic) bond motifs is 1. The molecule has 0 radical (unpaired) electrons. The molecule has 2 fully saturated rings. The lowest BCUT2D eigenvalue weighted by Crippen LogP contribution is -2.27. The van der Waals surface area contributed by atoms with Crippen molar-refractivity contribution in [1.82, 2.24) is 0 Å². The van der Waals surface area contributed by atoms with Crippen molar-refractivity contribution in [3.63, 3.8) is 0 Å².